The number of ether oxygens (including phenoxy) is 2. The van der Waals surface area contributed by atoms with Crippen molar-refractivity contribution < 1.29 is 23.5 Å². The molecule has 4 saturated carbocycles. The lowest BCUT2D eigenvalue weighted by molar-refractivity contribution is -0.160. The van der Waals surface area contributed by atoms with Gasteiger partial charge in [-0.15, -0.1) is 0 Å². The maximum Gasteiger partial charge on any atom is 0.247 e. The van der Waals surface area contributed by atoms with Gasteiger partial charge >= 0.3 is 0 Å². The van der Waals surface area contributed by atoms with Gasteiger partial charge in [-0.3, -0.25) is 9.59 Å². The normalized spacial score (nSPS) is 32.9. The van der Waals surface area contributed by atoms with Crippen molar-refractivity contribution in [2.75, 3.05) is 32.2 Å². The molecule has 0 aromatic heterocycles. The molecule has 174 valence electrons. The summed E-state index contributed by atoms with van der Waals surface area (Å²) in [5.74, 6) is 1.62. The molecule has 1 aromatic rings. The lowest BCUT2D eigenvalue weighted by Crippen LogP contribution is -2.56. The van der Waals surface area contributed by atoms with Gasteiger partial charge in [0.15, 0.2) is 11.6 Å². The Hall–Kier alpha value is -2.15. The summed E-state index contributed by atoms with van der Waals surface area (Å²) < 4.78 is 24.6. The van der Waals surface area contributed by atoms with Crippen LogP contribution in [0.15, 0.2) is 18.2 Å². The maximum atomic E-state index is 14.4. The molecular formula is C25H33FN2O4. The number of methoxy groups -OCH3 is 1. The Morgan fingerprint density at radius 2 is 1.81 bits per heavy atom. The van der Waals surface area contributed by atoms with E-state index in [4.69, 9.17) is 9.47 Å². The van der Waals surface area contributed by atoms with Crippen LogP contribution in [0.5, 0.6) is 5.75 Å². The van der Waals surface area contributed by atoms with E-state index in [1.165, 1.54) is 31.4 Å². The highest BCUT2D eigenvalue weighted by molar-refractivity contribution is 5.98. The Balaban J connectivity index is 1.25. The van der Waals surface area contributed by atoms with Crippen molar-refractivity contribution in [3.8, 4) is 5.75 Å². The molecule has 1 unspecified atom stereocenters. The number of anilines is 1. The largest absolute Gasteiger partial charge is 0.488 e. The SMILES string of the molecule is COCCOc1ccc(NC(=O)C2CCCN2C(=O)C23CC4CC(CC(C4)C2)C3)cc1F. The number of nitrogens with zero attached hydrogens (tertiary/aromatic N) is 1. The fraction of sp³-hybridized carbons (Fsp3) is 0.680. The molecule has 6 nitrogen and oxygen atoms in total. The molecular weight excluding hydrogens is 411 g/mol. The van der Waals surface area contributed by atoms with Crippen LogP contribution in [0.3, 0.4) is 0 Å². The van der Waals surface area contributed by atoms with Crippen molar-refractivity contribution in [3.05, 3.63) is 24.0 Å². The van der Waals surface area contributed by atoms with E-state index in [1.54, 1.807) is 13.2 Å². The second-order valence-corrected chi connectivity index (χ2v) is 10.3. The van der Waals surface area contributed by atoms with Gasteiger partial charge in [-0.1, -0.05) is 0 Å². The molecule has 32 heavy (non-hydrogen) atoms. The number of rotatable bonds is 7. The molecule has 4 bridgehead atoms. The second-order valence-electron chi connectivity index (χ2n) is 10.3. The summed E-state index contributed by atoms with van der Waals surface area (Å²) in [5.41, 5.74) is 0.131. The molecule has 0 spiro atoms. The lowest BCUT2D eigenvalue weighted by atomic mass is 9.49. The fourth-order valence-corrected chi connectivity index (χ4v) is 7.12. The first-order valence-corrected chi connectivity index (χ1v) is 12.0. The topological polar surface area (TPSA) is 67.9 Å². The molecule has 5 fully saturated rings. The van der Waals surface area contributed by atoms with E-state index in [0.717, 1.165) is 25.7 Å². The minimum Gasteiger partial charge on any atom is -0.488 e. The number of carbonyl (C=O) groups is 2. The number of benzene rings is 1. The molecule has 7 heteroatoms. The number of halogens is 1. The minimum atomic E-state index is -0.535. The Kier molecular flexibility index (Phi) is 5.86. The number of nitrogens with one attached hydrogen (secondary N) is 1. The van der Waals surface area contributed by atoms with Gasteiger partial charge in [0.2, 0.25) is 11.8 Å². The van der Waals surface area contributed by atoms with Crippen LogP contribution in [-0.2, 0) is 14.3 Å². The third-order valence-corrected chi connectivity index (χ3v) is 8.05. The van der Waals surface area contributed by atoms with E-state index in [-0.39, 0.29) is 29.6 Å². The molecule has 0 radical (unpaired) electrons. The zero-order valence-corrected chi connectivity index (χ0v) is 18.8. The summed E-state index contributed by atoms with van der Waals surface area (Å²) in [6, 6.07) is 3.92. The molecule has 1 aliphatic heterocycles. The minimum absolute atomic E-state index is 0.125. The van der Waals surface area contributed by atoms with Gasteiger partial charge in [0.1, 0.15) is 12.6 Å². The molecule has 1 atom stereocenters. The average Bonchev–Trinajstić information content (AvgIpc) is 3.24. The Morgan fingerprint density at radius 3 is 2.44 bits per heavy atom. The Labute approximate surface area is 188 Å². The smallest absolute Gasteiger partial charge is 0.247 e. The van der Waals surface area contributed by atoms with Gasteiger partial charge in [-0.05, 0) is 81.3 Å². The van der Waals surface area contributed by atoms with Crippen molar-refractivity contribution in [2.24, 2.45) is 23.2 Å². The number of hydrogen-bond acceptors (Lipinski definition) is 4. The quantitative estimate of drug-likeness (QED) is 0.646. The summed E-state index contributed by atoms with van der Waals surface area (Å²) in [5, 5.41) is 2.82. The van der Waals surface area contributed by atoms with Crippen LogP contribution in [0, 0.1) is 29.0 Å². The van der Waals surface area contributed by atoms with Crippen LogP contribution >= 0.6 is 0 Å². The maximum absolute atomic E-state index is 14.4. The molecule has 1 saturated heterocycles. The van der Waals surface area contributed by atoms with Crippen LogP contribution in [0.1, 0.15) is 51.4 Å². The summed E-state index contributed by atoms with van der Waals surface area (Å²) in [7, 11) is 1.55. The predicted molar refractivity (Wildman–Crippen MR) is 118 cm³/mol. The highest BCUT2D eigenvalue weighted by Gasteiger charge is 2.56. The zero-order chi connectivity index (χ0) is 22.3. The second kappa shape index (κ2) is 8.65. The van der Waals surface area contributed by atoms with Crippen LogP contribution in [0.25, 0.3) is 0 Å². The lowest BCUT2D eigenvalue weighted by Gasteiger charge is -2.56. The van der Waals surface area contributed by atoms with E-state index in [2.05, 4.69) is 5.32 Å². The first-order chi connectivity index (χ1) is 15.5. The van der Waals surface area contributed by atoms with Gasteiger partial charge in [-0.2, -0.15) is 0 Å². The van der Waals surface area contributed by atoms with Crippen molar-refractivity contribution in [3.63, 3.8) is 0 Å². The summed E-state index contributed by atoms with van der Waals surface area (Å²) >= 11 is 0. The molecule has 1 heterocycles. The third-order valence-electron chi connectivity index (χ3n) is 8.05. The van der Waals surface area contributed by atoms with Gasteiger partial charge in [0, 0.05) is 25.4 Å². The van der Waals surface area contributed by atoms with E-state index in [0.29, 0.717) is 43.0 Å². The van der Waals surface area contributed by atoms with Gasteiger partial charge in [-0.25, -0.2) is 4.39 Å². The highest BCUT2D eigenvalue weighted by atomic mass is 19.1. The van der Waals surface area contributed by atoms with E-state index in [1.807, 2.05) is 4.90 Å². The van der Waals surface area contributed by atoms with E-state index >= 15 is 0 Å². The van der Waals surface area contributed by atoms with Crippen LogP contribution in [0.2, 0.25) is 0 Å². The van der Waals surface area contributed by atoms with Crippen LogP contribution in [-0.4, -0.2) is 49.6 Å². The van der Waals surface area contributed by atoms with E-state index in [9.17, 15) is 14.0 Å². The summed E-state index contributed by atoms with van der Waals surface area (Å²) in [6.07, 6.45) is 8.34. The van der Waals surface area contributed by atoms with Crippen LogP contribution < -0.4 is 10.1 Å². The molecule has 5 aliphatic rings. The number of likely N-dealkylation sites (tertiary alicyclic amines) is 1. The van der Waals surface area contributed by atoms with Gasteiger partial charge in [0.25, 0.3) is 0 Å². The third kappa shape index (κ3) is 4.00. The average molecular weight is 445 g/mol. The molecule has 6 rings (SSSR count). The first kappa shape index (κ1) is 21.7. The summed E-state index contributed by atoms with van der Waals surface area (Å²) in [4.78, 5) is 28.7. The van der Waals surface area contributed by atoms with Crippen molar-refractivity contribution in [2.45, 2.75) is 57.4 Å². The molecule has 1 aromatic carbocycles. The summed E-state index contributed by atoms with van der Waals surface area (Å²) in [6.45, 7) is 1.26. The standard InChI is InChI=1S/C25H33FN2O4/c1-31-7-8-32-22-5-4-19(12-20(22)26)27-23(29)21-3-2-6-28(21)24(30)25-13-16-9-17(14-25)11-18(10-16)15-25/h4-5,12,16-18,21H,2-3,6-11,13-15H2,1H3,(H,27,29). The molecule has 2 amide bonds. The van der Waals surface area contributed by atoms with Gasteiger partial charge in [0.05, 0.1) is 12.0 Å². The fourth-order valence-electron chi connectivity index (χ4n) is 7.12. The molecule has 1 N–H and O–H groups in total. The Morgan fingerprint density at radius 1 is 1.12 bits per heavy atom. The number of amides is 2. The van der Waals surface area contributed by atoms with Crippen molar-refractivity contribution in [1.29, 1.82) is 0 Å². The van der Waals surface area contributed by atoms with Crippen LogP contribution in [0.4, 0.5) is 10.1 Å². The van der Waals surface area contributed by atoms with Gasteiger partial charge < -0.3 is 19.7 Å². The Bertz CT molecular complexity index is 853. The highest BCUT2D eigenvalue weighted by Crippen LogP contribution is 2.60. The number of hydrogen-bond donors (Lipinski definition) is 1. The van der Waals surface area contributed by atoms with Crippen molar-refractivity contribution >= 4 is 17.5 Å². The monoisotopic (exact) mass is 444 g/mol. The van der Waals surface area contributed by atoms with E-state index < -0.39 is 11.9 Å². The molecule has 4 aliphatic carbocycles. The van der Waals surface area contributed by atoms with Crippen molar-refractivity contribution in [1.82, 2.24) is 4.90 Å². The number of carbonyl (C=O) groups excluding carboxylic acids is 2. The zero-order valence-electron chi connectivity index (χ0n) is 18.8. The first-order valence-electron chi connectivity index (χ1n) is 12.0. The predicted octanol–water partition coefficient (Wildman–Crippen LogP) is 4.00.